The van der Waals surface area contributed by atoms with E-state index in [4.69, 9.17) is 0 Å². The number of pyridine rings is 2. The van der Waals surface area contributed by atoms with Crippen molar-refractivity contribution in [2.45, 2.75) is 26.8 Å². The van der Waals surface area contributed by atoms with Crippen molar-refractivity contribution in [3.05, 3.63) is 62.4 Å². The van der Waals surface area contributed by atoms with E-state index in [-0.39, 0.29) is 16.6 Å². The van der Waals surface area contributed by atoms with Crippen LogP contribution in [-0.4, -0.2) is 15.5 Å². The normalized spacial score (nSPS) is 10.4. The highest BCUT2D eigenvalue weighted by Crippen LogP contribution is 2.06. The average Bonchev–Trinajstić information content (AvgIpc) is 2.42. The van der Waals surface area contributed by atoms with Crippen LogP contribution in [0.1, 0.15) is 29.4 Å². The lowest BCUT2D eigenvalue weighted by atomic mass is 10.2. The van der Waals surface area contributed by atoms with Crippen LogP contribution in [0.4, 0.5) is 5.69 Å². The van der Waals surface area contributed by atoms with Crippen molar-refractivity contribution in [1.29, 1.82) is 0 Å². The third-order valence-corrected chi connectivity index (χ3v) is 3.01. The molecule has 0 saturated carbocycles. The topological polar surface area (TPSA) is 84.0 Å². The number of carbonyl (C=O) groups is 1. The van der Waals surface area contributed by atoms with E-state index in [1.165, 1.54) is 29.0 Å². The van der Waals surface area contributed by atoms with Crippen LogP contribution in [0.25, 0.3) is 0 Å². The number of carbonyl (C=O) groups excluding carboxylic acids is 1. The Morgan fingerprint density at radius 2 is 2.10 bits per heavy atom. The van der Waals surface area contributed by atoms with Crippen molar-refractivity contribution in [1.82, 2.24) is 9.55 Å². The summed E-state index contributed by atoms with van der Waals surface area (Å²) in [6, 6.07) is 4.28. The van der Waals surface area contributed by atoms with Gasteiger partial charge in [0.25, 0.3) is 11.5 Å². The SMILES string of the molecule is CCCn1cc(NC(=O)c2c[nH]c(C)cc2=O)ccc1=O. The summed E-state index contributed by atoms with van der Waals surface area (Å²) in [4.78, 5) is 38.3. The molecule has 110 valence electrons. The van der Waals surface area contributed by atoms with Gasteiger partial charge in [0.2, 0.25) is 0 Å². The molecule has 2 N–H and O–H groups in total. The van der Waals surface area contributed by atoms with E-state index in [9.17, 15) is 14.4 Å². The van der Waals surface area contributed by atoms with Crippen LogP contribution >= 0.6 is 0 Å². The number of amides is 1. The standard InChI is InChI=1S/C15H17N3O3/c1-3-6-18-9-11(4-5-14(18)20)17-15(21)12-8-16-10(2)7-13(12)19/h4-5,7-9H,3,6H2,1-2H3,(H,16,19)(H,17,21). The highest BCUT2D eigenvalue weighted by molar-refractivity contribution is 6.03. The van der Waals surface area contributed by atoms with E-state index >= 15 is 0 Å². The average molecular weight is 287 g/mol. The molecule has 2 heterocycles. The van der Waals surface area contributed by atoms with Crippen LogP contribution in [-0.2, 0) is 6.54 Å². The zero-order chi connectivity index (χ0) is 15.4. The molecule has 0 saturated heterocycles. The predicted molar refractivity (Wildman–Crippen MR) is 80.7 cm³/mol. The van der Waals surface area contributed by atoms with Crippen molar-refractivity contribution < 1.29 is 4.79 Å². The summed E-state index contributed by atoms with van der Waals surface area (Å²) in [5.41, 5.74) is 0.739. The summed E-state index contributed by atoms with van der Waals surface area (Å²) >= 11 is 0. The first-order valence-corrected chi connectivity index (χ1v) is 6.72. The zero-order valence-electron chi connectivity index (χ0n) is 12.0. The van der Waals surface area contributed by atoms with Crippen LogP contribution in [0.15, 0.2) is 40.2 Å². The van der Waals surface area contributed by atoms with E-state index in [0.717, 1.165) is 6.42 Å². The van der Waals surface area contributed by atoms with Gasteiger partial charge in [-0.1, -0.05) is 6.92 Å². The monoisotopic (exact) mass is 287 g/mol. The number of rotatable bonds is 4. The first-order valence-electron chi connectivity index (χ1n) is 6.72. The van der Waals surface area contributed by atoms with Gasteiger partial charge in [0, 0.05) is 36.8 Å². The number of anilines is 1. The Kier molecular flexibility index (Phi) is 4.37. The lowest BCUT2D eigenvalue weighted by Crippen LogP contribution is -2.23. The quantitative estimate of drug-likeness (QED) is 0.894. The van der Waals surface area contributed by atoms with Crippen molar-refractivity contribution >= 4 is 11.6 Å². The number of nitrogens with one attached hydrogen (secondary N) is 2. The molecule has 0 aliphatic rings. The maximum Gasteiger partial charge on any atom is 0.261 e. The van der Waals surface area contributed by atoms with Crippen molar-refractivity contribution in [2.24, 2.45) is 0 Å². The number of aryl methyl sites for hydroxylation is 2. The summed E-state index contributed by atoms with van der Waals surface area (Å²) in [5, 5.41) is 2.63. The Balaban J connectivity index is 2.25. The Hall–Kier alpha value is -2.63. The second-order valence-electron chi connectivity index (χ2n) is 4.80. The molecular formula is C15H17N3O3. The number of aromatic amines is 1. The van der Waals surface area contributed by atoms with Gasteiger partial charge >= 0.3 is 0 Å². The minimum atomic E-state index is -0.502. The van der Waals surface area contributed by atoms with Gasteiger partial charge in [0.1, 0.15) is 5.56 Å². The maximum absolute atomic E-state index is 12.1. The number of hydrogen-bond acceptors (Lipinski definition) is 3. The molecule has 6 nitrogen and oxygen atoms in total. The van der Waals surface area contributed by atoms with E-state index in [0.29, 0.717) is 17.9 Å². The van der Waals surface area contributed by atoms with Gasteiger partial charge in [-0.15, -0.1) is 0 Å². The zero-order valence-corrected chi connectivity index (χ0v) is 12.0. The fraction of sp³-hybridized carbons (Fsp3) is 0.267. The maximum atomic E-state index is 12.1. The highest BCUT2D eigenvalue weighted by atomic mass is 16.2. The predicted octanol–water partition coefficient (Wildman–Crippen LogP) is 1.51. The first kappa shape index (κ1) is 14.8. The Morgan fingerprint density at radius 1 is 1.33 bits per heavy atom. The summed E-state index contributed by atoms with van der Waals surface area (Å²) in [5.74, 6) is -0.502. The van der Waals surface area contributed by atoms with Gasteiger partial charge in [0.15, 0.2) is 5.43 Å². The third-order valence-electron chi connectivity index (χ3n) is 3.01. The van der Waals surface area contributed by atoms with Crippen LogP contribution in [0.2, 0.25) is 0 Å². The number of nitrogens with zero attached hydrogens (tertiary/aromatic N) is 1. The Bertz CT molecular complexity index is 774. The van der Waals surface area contributed by atoms with Crippen molar-refractivity contribution in [3.8, 4) is 0 Å². The number of hydrogen-bond donors (Lipinski definition) is 2. The molecule has 6 heteroatoms. The molecule has 0 aliphatic heterocycles. The number of aromatic nitrogens is 2. The molecule has 2 aromatic rings. The highest BCUT2D eigenvalue weighted by Gasteiger charge is 2.11. The number of H-pyrrole nitrogens is 1. The molecule has 0 aromatic carbocycles. The van der Waals surface area contributed by atoms with Crippen molar-refractivity contribution in [2.75, 3.05) is 5.32 Å². The largest absolute Gasteiger partial charge is 0.364 e. The van der Waals surface area contributed by atoms with Crippen LogP contribution in [0.3, 0.4) is 0 Å². The minimum Gasteiger partial charge on any atom is -0.364 e. The lowest BCUT2D eigenvalue weighted by Gasteiger charge is -2.08. The lowest BCUT2D eigenvalue weighted by molar-refractivity contribution is 0.102. The van der Waals surface area contributed by atoms with E-state index in [1.54, 1.807) is 13.1 Å². The second-order valence-corrected chi connectivity index (χ2v) is 4.80. The minimum absolute atomic E-state index is 0.0360. The molecule has 0 spiro atoms. The summed E-state index contributed by atoms with van der Waals surface area (Å²) in [6.45, 7) is 4.28. The van der Waals surface area contributed by atoms with E-state index in [1.807, 2.05) is 6.92 Å². The second kappa shape index (κ2) is 6.21. The van der Waals surface area contributed by atoms with Crippen LogP contribution in [0.5, 0.6) is 0 Å². The molecule has 0 atom stereocenters. The molecule has 0 fully saturated rings. The Morgan fingerprint density at radius 3 is 2.76 bits per heavy atom. The molecule has 2 aromatic heterocycles. The summed E-state index contributed by atoms with van der Waals surface area (Å²) in [7, 11) is 0. The third kappa shape index (κ3) is 3.47. The molecule has 0 aliphatic carbocycles. The van der Waals surface area contributed by atoms with Gasteiger partial charge in [-0.25, -0.2) is 0 Å². The van der Waals surface area contributed by atoms with Crippen LogP contribution in [0, 0.1) is 6.92 Å². The smallest absolute Gasteiger partial charge is 0.261 e. The van der Waals surface area contributed by atoms with E-state index < -0.39 is 5.91 Å². The summed E-state index contributed by atoms with van der Waals surface area (Å²) in [6.07, 6.45) is 3.77. The summed E-state index contributed by atoms with van der Waals surface area (Å²) < 4.78 is 1.52. The molecule has 1 amide bonds. The van der Waals surface area contributed by atoms with Gasteiger partial charge in [0.05, 0.1) is 5.69 Å². The molecule has 0 radical (unpaired) electrons. The van der Waals surface area contributed by atoms with Gasteiger partial charge < -0.3 is 14.9 Å². The van der Waals surface area contributed by atoms with Crippen molar-refractivity contribution in [3.63, 3.8) is 0 Å². The molecule has 21 heavy (non-hydrogen) atoms. The van der Waals surface area contributed by atoms with Gasteiger partial charge in [-0.3, -0.25) is 14.4 Å². The molecule has 2 rings (SSSR count). The molecule has 0 unspecified atom stereocenters. The fourth-order valence-corrected chi connectivity index (χ4v) is 1.97. The van der Waals surface area contributed by atoms with Gasteiger partial charge in [-0.2, -0.15) is 0 Å². The molecule has 0 bridgehead atoms. The fourth-order valence-electron chi connectivity index (χ4n) is 1.97. The van der Waals surface area contributed by atoms with Gasteiger partial charge in [-0.05, 0) is 19.4 Å². The van der Waals surface area contributed by atoms with Crippen LogP contribution < -0.4 is 16.3 Å². The first-order chi connectivity index (χ1) is 10.0. The Labute approximate surface area is 121 Å². The van der Waals surface area contributed by atoms with E-state index in [2.05, 4.69) is 10.3 Å². The molecular weight excluding hydrogens is 270 g/mol.